The number of piperidine rings is 1. The topological polar surface area (TPSA) is 44.4 Å². The summed E-state index contributed by atoms with van der Waals surface area (Å²) in [6.07, 6.45) is 2.57. The molecule has 2 N–H and O–H groups in total. The molecule has 1 aliphatic rings. The number of likely N-dealkylation sites (N-methyl/N-ethyl adjacent to an activating group) is 1. The van der Waals surface area contributed by atoms with Gasteiger partial charge in [-0.3, -0.25) is 9.69 Å². The molecule has 1 saturated heterocycles. The standard InChI is InChI=1S/C14H29N3O/c1-11(2)13(9-16-14(18)10-15-4)17-7-5-12(3)6-8-17/h11-13,15H,5-10H2,1-4H3,(H,16,18). The van der Waals surface area contributed by atoms with Crippen molar-refractivity contribution in [2.45, 2.75) is 39.7 Å². The Balaban J connectivity index is 2.42. The zero-order valence-corrected chi connectivity index (χ0v) is 12.3. The molecule has 1 fully saturated rings. The lowest BCUT2D eigenvalue weighted by Crippen LogP contribution is -2.50. The van der Waals surface area contributed by atoms with E-state index in [0.717, 1.165) is 12.5 Å². The molecule has 1 heterocycles. The van der Waals surface area contributed by atoms with Crippen LogP contribution in [0, 0.1) is 11.8 Å². The maximum atomic E-state index is 11.5. The number of nitrogens with zero attached hydrogens (tertiary/aromatic N) is 1. The fourth-order valence-electron chi connectivity index (χ4n) is 2.59. The summed E-state index contributed by atoms with van der Waals surface area (Å²) >= 11 is 0. The first kappa shape index (κ1) is 15.4. The third kappa shape index (κ3) is 4.94. The minimum atomic E-state index is 0.0912. The summed E-state index contributed by atoms with van der Waals surface area (Å²) in [5.41, 5.74) is 0. The minimum Gasteiger partial charge on any atom is -0.353 e. The second kappa shape index (κ2) is 7.74. The van der Waals surface area contributed by atoms with Crippen LogP contribution in [0.25, 0.3) is 0 Å². The summed E-state index contributed by atoms with van der Waals surface area (Å²) in [5.74, 6) is 1.52. The summed E-state index contributed by atoms with van der Waals surface area (Å²) in [6, 6.07) is 0.471. The third-order valence-electron chi connectivity index (χ3n) is 3.90. The largest absolute Gasteiger partial charge is 0.353 e. The maximum absolute atomic E-state index is 11.5. The van der Waals surface area contributed by atoms with E-state index in [9.17, 15) is 4.79 Å². The highest BCUT2D eigenvalue weighted by molar-refractivity contribution is 5.77. The normalized spacial score (nSPS) is 20.1. The molecular formula is C14H29N3O. The van der Waals surface area contributed by atoms with E-state index in [1.807, 2.05) is 0 Å². The molecule has 0 aromatic heterocycles. The van der Waals surface area contributed by atoms with E-state index >= 15 is 0 Å². The Morgan fingerprint density at radius 2 is 1.94 bits per heavy atom. The van der Waals surface area contributed by atoms with Gasteiger partial charge in [-0.25, -0.2) is 0 Å². The number of hydrogen-bond donors (Lipinski definition) is 2. The smallest absolute Gasteiger partial charge is 0.234 e. The third-order valence-corrected chi connectivity index (χ3v) is 3.90. The van der Waals surface area contributed by atoms with Gasteiger partial charge in [0.2, 0.25) is 5.91 Å². The molecule has 1 rings (SSSR count). The van der Waals surface area contributed by atoms with Crippen LogP contribution in [-0.2, 0) is 4.79 Å². The molecule has 1 amide bonds. The fourth-order valence-corrected chi connectivity index (χ4v) is 2.59. The van der Waals surface area contributed by atoms with Crippen molar-refractivity contribution in [2.24, 2.45) is 11.8 Å². The van der Waals surface area contributed by atoms with Crippen molar-refractivity contribution < 1.29 is 4.79 Å². The van der Waals surface area contributed by atoms with Crippen LogP contribution in [0.3, 0.4) is 0 Å². The summed E-state index contributed by atoms with van der Waals surface area (Å²) in [6.45, 7) is 10.3. The highest BCUT2D eigenvalue weighted by atomic mass is 16.1. The van der Waals surface area contributed by atoms with Gasteiger partial charge in [-0.05, 0) is 44.8 Å². The van der Waals surface area contributed by atoms with Crippen LogP contribution in [0.1, 0.15) is 33.6 Å². The average Bonchev–Trinajstić information content (AvgIpc) is 2.31. The minimum absolute atomic E-state index is 0.0912. The zero-order valence-electron chi connectivity index (χ0n) is 12.3. The molecule has 0 aliphatic carbocycles. The predicted octanol–water partition coefficient (Wildman–Crippen LogP) is 1.08. The fraction of sp³-hybridized carbons (Fsp3) is 0.929. The molecule has 1 atom stereocenters. The van der Waals surface area contributed by atoms with E-state index in [-0.39, 0.29) is 5.91 Å². The molecule has 1 unspecified atom stereocenters. The molecule has 0 bridgehead atoms. The van der Waals surface area contributed by atoms with Crippen molar-refractivity contribution in [3.8, 4) is 0 Å². The lowest BCUT2D eigenvalue weighted by Gasteiger charge is -2.38. The van der Waals surface area contributed by atoms with E-state index in [2.05, 4.69) is 36.3 Å². The van der Waals surface area contributed by atoms with Gasteiger partial charge in [-0.15, -0.1) is 0 Å². The maximum Gasteiger partial charge on any atom is 0.234 e. The number of likely N-dealkylation sites (tertiary alicyclic amines) is 1. The van der Waals surface area contributed by atoms with Crippen LogP contribution in [0.15, 0.2) is 0 Å². The van der Waals surface area contributed by atoms with Crippen LogP contribution < -0.4 is 10.6 Å². The van der Waals surface area contributed by atoms with Crippen molar-refractivity contribution in [1.29, 1.82) is 0 Å². The Labute approximate surface area is 111 Å². The summed E-state index contributed by atoms with van der Waals surface area (Å²) in [5, 5.41) is 5.91. The van der Waals surface area contributed by atoms with Gasteiger partial charge in [0.15, 0.2) is 0 Å². The number of nitrogens with one attached hydrogen (secondary N) is 2. The van der Waals surface area contributed by atoms with Crippen LogP contribution in [0.2, 0.25) is 0 Å². The zero-order chi connectivity index (χ0) is 13.5. The number of carbonyl (C=O) groups is 1. The first-order valence-corrected chi connectivity index (χ1v) is 7.20. The van der Waals surface area contributed by atoms with Crippen molar-refractivity contribution >= 4 is 5.91 Å². The van der Waals surface area contributed by atoms with Crippen LogP contribution >= 0.6 is 0 Å². The lowest BCUT2D eigenvalue weighted by molar-refractivity contribution is -0.120. The van der Waals surface area contributed by atoms with Crippen LogP contribution in [-0.4, -0.2) is 50.1 Å². The number of rotatable bonds is 6. The molecule has 4 heteroatoms. The van der Waals surface area contributed by atoms with Crippen molar-refractivity contribution in [2.75, 3.05) is 33.2 Å². The van der Waals surface area contributed by atoms with Gasteiger partial charge in [-0.2, -0.15) is 0 Å². The first-order valence-electron chi connectivity index (χ1n) is 7.20. The Kier molecular flexibility index (Phi) is 6.65. The van der Waals surface area contributed by atoms with Crippen molar-refractivity contribution in [1.82, 2.24) is 15.5 Å². The van der Waals surface area contributed by atoms with Gasteiger partial charge in [0.05, 0.1) is 6.54 Å². The van der Waals surface area contributed by atoms with Crippen molar-refractivity contribution in [3.63, 3.8) is 0 Å². The Morgan fingerprint density at radius 1 is 1.33 bits per heavy atom. The lowest BCUT2D eigenvalue weighted by atomic mass is 9.94. The van der Waals surface area contributed by atoms with Crippen LogP contribution in [0.4, 0.5) is 0 Å². The molecule has 0 aromatic rings. The van der Waals surface area contributed by atoms with E-state index in [0.29, 0.717) is 18.5 Å². The highest BCUT2D eigenvalue weighted by Gasteiger charge is 2.25. The summed E-state index contributed by atoms with van der Waals surface area (Å²) in [4.78, 5) is 14.1. The average molecular weight is 255 g/mol. The van der Waals surface area contributed by atoms with E-state index < -0.39 is 0 Å². The second-order valence-electron chi connectivity index (χ2n) is 5.86. The monoisotopic (exact) mass is 255 g/mol. The van der Waals surface area contributed by atoms with E-state index in [4.69, 9.17) is 0 Å². The molecular weight excluding hydrogens is 226 g/mol. The van der Waals surface area contributed by atoms with Gasteiger partial charge >= 0.3 is 0 Å². The Hall–Kier alpha value is -0.610. The van der Waals surface area contributed by atoms with Crippen LogP contribution in [0.5, 0.6) is 0 Å². The molecule has 4 nitrogen and oxygen atoms in total. The molecule has 0 spiro atoms. The van der Waals surface area contributed by atoms with Gasteiger partial charge in [0, 0.05) is 12.6 Å². The Bertz CT molecular complexity index is 247. The van der Waals surface area contributed by atoms with Gasteiger partial charge < -0.3 is 10.6 Å². The van der Waals surface area contributed by atoms with Gasteiger partial charge in [0.1, 0.15) is 0 Å². The molecule has 0 aromatic carbocycles. The number of amides is 1. The second-order valence-corrected chi connectivity index (χ2v) is 5.86. The van der Waals surface area contributed by atoms with E-state index in [1.165, 1.54) is 25.9 Å². The quantitative estimate of drug-likeness (QED) is 0.746. The highest BCUT2D eigenvalue weighted by Crippen LogP contribution is 2.20. The summed E-state index contributed by atoms with van der Waals surface area (Å²) < 4.78 is 0. The van der Waals surface area contributed by atoms with E-state index in [1.54, 1.807) is 7.05 Å². The molecule has 1 aliphatic heterocycles. The molecule has 106 valence electrons. The molecule has 0 radical (unpaired) electrons. The SMILES string of the molecule is CNCC(=O)NCC(C(C)C)N1CCC(C)CC1. The first-order chi connectivity index (χ1) is 8.54. The molecule has 0 saturated carbocycles. The van der Waals surface area contributed by atoms with Gasteiger partial charge in [-0.1, -0.05) is 20.8 Å². The Morgan fingerprint density at radius 3 is 2.44 bits per heavy atom. The predicted molar refractivity (Wildman–Crippen MR) is 75.5 cm³/mol. The molecule has 18 heavy (non-hydrogen) atoms. The summed E-state index contributed by atoms with van der Waals surface area (Å²) in [7, 11) is 1.80. The number of carbonyl (C=O) groups excluding carboxylic acids is 1. The number of hydrogen-bond acceptors (Lipinski definition) is 3. The van der Waals surface area contributed by atoms with Crippen molar-refractivity contribution in [3.05, 3.63) is 0 Å². The van der Waals surface area contributed by atoms with Gasteiger partial charge in [0.25, 0.3) is 0 Å².